The van der Waals surface area contributed by atoms with E-state index in [4.69, 9.17) is 5.73 Å². The summed E-state index contributed by atoms with van der Waals surface area (Å²) in [5.74, 6) is 0.223. The molecule has 0 fully saturated rings. The van der Waals surface area contributed by atoms with Crippen LogP contribution in [0.15, 0.2) is 0 Å². The van der Waals surface area contributed by atoms with Crippen LogP contribution in [-0.4, -0.2) is 46.4 Å². The number of ketones is 3. The van der Waals surface area contributed by atoms with Crippen molar-refractivity contribution >= 4 is 17.3 Å². The van der Waals surface area contributed by atoms with Crippen LogP contribution in [0, 0.1) is 0 Å². The summed E-state index contributed by atoms with van der Waals surface area (Å²) in [5, 5.41) is 0. The van der Waals surface area contributed by atoms with Crippen molar-refractivity contribution < 1.29 is 14.4 Å². The lowest BCUT2D eigenvalue weighted by Gasteiger charge is -2.45. The van der Waals surface area contributed by atoms with E-state index in [1.807, 2.05) is 0 Å². The first kappa shape index (κ1) is 24.9. The van der Waals surface area contributed by atoms with Crippen LogP contribution in [0.25, 0.3) is 0 Å². The van der Waals surface area contributed by atoms with E-state index >= 15 is 0 Å². The van der Waals surface area contributed by atoms with Gasteiger partial charge in [-0.25, -0.2) is 0 Å². The van der Waals surface area contributed by atoms with Crippen LogP contribution >= 0.6 is 0 Å². The molecule has 0 saturated heterocycles. The molecule has 0 spiro atoms. The highest BCUT2D eigenvalue weighted by Gasteiger charge is 2.30. The first-order chi connectivity index (χ1) is 11.9. The van der Waals surface area contributed by atoms with Gasteiger partial charge in [0.25, 0.3) is 0 Å². The molecule has 0 aromatic heterocycles. The number of hydrogen-bond donors (Lipinski definition) is 1. The monoisotopic (exact) mass is 368 g/mol. The molecule has 0 bridgehead atoms. The number of nitrogens with zero attached hydrogens (tertiary/aromatic N) is 1. The number of carbonyl (C=O) groups excluding carboxylic acids is 3. The van der Waals surface area contributed by atoms with Gasteiger partial charge in [0.2, 0.25) is 0 Å². The number of hydrogen-bond acceptors (Lipinski definition) is 5. The molecule has 0 heterocycles. The predicted octanol–water partition coefficient (Wildman–Crippen LogP) is 3.67. The molecule has 0 aromatic carbocycles. The Kier molecular flexibility index (Phi) is 11.1. The van der Waals surface area contributed by atoms with Gasteiger partial charge in [-0.05, 0) is 67.5 Å². The Hall–Kier alpha value is -1.07. The zero-order chi connectivity index (χ0) is 20.4. The van der Waals surface area contributed by atoms with Crippen LogP contribution in [0.2, 0.25) is 0 Å². The Morgan fingerprint density at radius 1 is 0.654 bits per heavy atom. The molecule has 0 radical (unpaired) electrons. The zero-order valence-electron chi connectivity index (χ0n) is 17.8. The summed E-state index contributed by atoms with van der Waals surface area (Å²) in [6.45, 7) is 14.5. The van der Waals surface area contributed by atoms with Gasteiger partial charge in [-0.2, -0.15) is 0 Å². The van der Waals surface area contributed by atoms with Gasteiger partial charge >= 0.3 is 0 Å². The van der Waals surface area contributed by atoms with Gasteiger partial charge in [-0.1, -0.05) is 0 Å². The Bertz CT molecular complexity index is 445. The summed E-state index contributed by atoms with van der Waals surface area (Å²) >= 11 is 0. The number of nitrogens with two attached hydrogens (primary N) is 1. The van der Waals surface area contributed by atoms with E-state index in [2.05, 4.69) is 46.4 Å². The fourth-order valence-electron chi connectivity index (χ4n) is 3.34. The van der Waals surface area contributed by atoms with Crippen LogP contribution < -0.4 is 5.73 Å². The van der Waals surface area contributed by atoms with E-state index in [9.17, 15) is 14.4 Å². The first-order valence-electron chi connectivity index (χ1n) is 9.91. The number of rotatable bonds is 13. The third kappa shape index (κ3) is 11.5. The summed E-state index contributed by atoms with van der Waals surface area (Å²) in [4.78, 5) is 37.8. The van der Waals surface area contributed by atoms with Crippen molar-refractivity contribution in [2.45, 2.75) is 104 Å². The Labute approximate surface area is 160 Å². The van der Waals surface area contributed by atoms with Crippen LogP contribution in [0.5, 0.6) is 0 Å². The molecular formula is C21H40N2O3. The molecule has 0 saturated carbocycles. The summed E-state index contributed by atoms with van der Waals surface area (Å²) in [7, 11) is 0. The molecule has 0 atom stereocenters. The minimum absolute atomic E-state index is 0.00505. The highest BCUT2D eigenvalue weighted by molar-refractivity contribution is 5.89. The molecule has 0 rings (SSSR count). The fraction of sp³-hybridized carbons (Fsp3) is 0.857. The van der Waals surface area contributed by atoms with E-state index in [-0.39, 0.29) is 47.7 Å². The van der Waals surface area contributed by atoms with Gasteiger partial charge in [0.15, 0.2) is 0 Å². The molecule has 0 aliphatic rings. The molecule has 5 heteroatoms. The quantitative estimate of drug-likeness (QED) is 0.536. The maximum atomic E-state index is 12.1. The molecule has 0 amide bonds. The molecule has 2 N–H and O–H groups in total. The van der Waals surface area contributed by atoms with Gasteiger partial charge < -0.3 is 5.73 Å². The van der Waals surface area contributed by atoms with E-state index < -0.39 is 0 Å². The largest absolute Gasteiger partial charge is 0.330 e. The Morgan fingerprint density at radius 2 is 1.00 bits per heavy atom. The lowest BCUT2D eigenvalue weighted by Crippen LogP contribution is -2.52. The molecule has 0 aromatic rings. The van der Waals surface area contributed by atoms with Crippen LogP contribution in [0.4, 0.5) is 0 Å². The third-order valence-electron chi connectivity index (χ3n) is 4.48. The average Bonchev–Trinajstić information content (AvgIpc) is 2.50. The summed E-state index contributed by atoms with van der Waals surface area (Å²) in [6, 6.07) is 0. The first-order valence-corrected chi connectivity index (χ1v) is 9.91. The van der Waals surface area contributed by atoms with Gasteiger partial charge in [0, 0.05) is 49.6 Å². The lowest BCUT2D eigenvalue weighted by molar-refractivity contribution is -0.126. The van der Waals surface area contributed by atoms with E-state index in [0.717, 1.165) is 13.0 Å². The predicted molar refractivity (Wildman–Crippen MR) is 107 cm³/mol. The average molecular weight is 369 g/mol. The Balaban J connectivity index is 4.09. The molecule has 26 heavy (non-hydrogen) atoms. The lowest BCUT2D eigenvalue weighted by atomic mass is 9.95. The van der Waals surface area contributed by atoms with Crippen LogP contribution in [0.3, 0.4) is 0 Å². The van der Waals surface area contributed by atoms with E-state index in [0.29, 0.717) is 32.2 Å². The van der Waals surface area contributed by atoms with Gasteiger partial charge in [-0.15, -0.1) is 0 Å². The normalized spacial score (nSPS) is 12.5. The third-order valence-corrected chi connectivity index (χ3v) is 4.48. The second-order valence-electron chi connectivity index (χ2n) is 9.11. The standard InChI is InChI=1S/C21H40N2O3/c1-20(2,3)23(21(4,5)6)16-8-10-18(25)12-14-19(26)13-11-17(24)9-7-15-22/h7-16,22H2,1-6H3. The van der Waals surface area contributed by atoms with Crippen molar-refractivity contribution in [2.24, 2.45) is 5.73 Å². The van der Waals surface area contributed by atoms with Crippen LogP contribution in [0.1, 0.15) is 92.9 Å². The molecule has 152 valence electrons. The minimum atomic E-state index is 0.00505. The van der Waals surface area contributed by atoms with Crippen molar-refractivity contribution in [1.82, 2.24) is 4.90 Å². The highest BCUT2D eigenvalue weighted by atomic mass is 16.1. The van der Waals surface area contributed by atoms with Crippen molar-refractivity contribution in [3.05, 3.63) is 0 Å². The highest BCUT2D eigenvalue weighted by Crippen LogP contribution is 2.25. The van der Waals surface area contributed by atoms with Gasteiger partial charge in [0.1, 0.15) is 17.3 Å². The summed E-state index contributed by atoms with van der Waals surface area (Å²) in [5.41, 5.74) is 5.46. The smallest absolute Gasteiger partial charge is 0.133 e. The van der Waals surface area contributed by atoms with Gasteiger partial charge in [-0.3, -0.25) is 19.3 Å². The number of Topliss-reactive ketones (excluding diaryl/α,β-unsaturated/α-hetero) is 3. The maximum absolute atomic E-state index is 12.1. The summed E-state index contributed by atoms with van der Waals surface area (Å²) < 4.78 is 0. The SMILES string of the molecule is CC(C)(C)N(CCCC(=O)CCC(=O)CCC(=O)CCCN)C(C)(C)C. The minimum Gasteiger partial charge on any atom is -0.330 e. The van der Waals surface area contributed by atoms with Crippen molar-refractivity contribution in [3.8, 4) is 0 Å². The van der Waals surface area contributed by atoms with E-state index in [1.54, 1.807) is 0 Å². The van der Waals surface area contributed by atoms with Crippen molar-refractivity contribution in [1.29, 1.82) is 0 Å². The molecule has 5 nitrogen and oxygen atoms in total. The van der Waals surface area contributed by atoms with Crippen molar-refractivity contribution in [3.63, 3.8) is 0 Å². The second-order valence-corrected chi connectivity index (χ2v) is 9.11. The fourth-order valence-corrected chi connectivity index (χ4v) is 3.34. The zero-order valence-corrected chi connectivity index (χ0v) is 17.8. The summed E-state index contributed by atoms with van der Waals surface area (Å²) in [6.07, 6.45) is 3.50. The maximum Gasteiger partial charge on any atom is 0.133 e. The second kappa shape index (κ2) is 11.6. The topological polar surface area (TPSA) is 80.5 Å². The van der Waals surface area contributed by atoms with Crippen molar-refractivity contribution in [2.75, 3.05) is 13.1 Å². The molecule has 0 unspecified atom stereocenters. The van der Waals surface area contributed by atoms with Crippen LogP contribution in [-0.2, 0) is 14.4 Å². The molecule has 0 aliphatic heterocycles. The molecular weight excluding hydrogens is 328 g/mol. The Morgan fingerprint density at radius 3 is 1.35 bits per heavy atom. The van der Waals surface area contributed by atoms with E-state index in [1.165, 1.54) is 0 Å². The number of carbonyl (C=O) groups is 3. The van der Waals surface area contributed by atoms with Gasteiger partial charge in [0.05, 0.1) is 0 Å². The molecule has 0 aliphatic carbocycles.